The van der Waals surface area contributed by atoms with Gasteiger partial charge >= 0.3 is 0 Å². The summed E-state index contributed by atoms with van der Waals surface area (Å²) >= 11 is 0. The van der Waals surface area contributed by atoms with Crippen molar-refractivity contribution in [3.05, 3.63) is 11.4 Å². The first-order valence-corrected chi connectivity index (χ1v) is 4.95. The van der Waals surface area contributed by atoms with Gasteiger partial charge in [0.15, 0.2) is 0 Å². The second-order valence-corrected chi connectivity index (χ2v) is 3.96. The SMILES string of the molecule is Cc1nn(C)c(C)c1NC(C)C(C)N. The maximum atomic E-state index is 5.80. The van der Waals surface area contributed by atoms with Crippen LogP contribution in [0.1, 0.15) is 25.2 Å². The van der Waals surface area contributed by atoms with Crippen LogP contribution in [-0.2, 0) is 7.05 Å². The normalized spacial score (nSPS) is 15.3. The van der Waals surface area contributed by atoms with E-state index < -0.39 is 0 Å². The molecular formula is C10H20N4. The molecule has 0 saturated carbocycles. The van der Waals surface area contributed by atoms with Crippen molar-refractivity contribution >= 4 is 5.69 Å². The first kappa shape index (κ1) is 11.0. The lowest BCUT2D eigenvalue weighted by Crippen LogP contribution is -2.35. The van der Waals surface area contributed by atoms with Crippen molar-refractivity contribution < 1.29 is 0 Å². The van der Waals surface area contributed by atoms with E-state index in [0.717, 1.165) is 17.1 Å². The van der Waals surface area contributed by atoms with Gasteiger partial charge in [-0.05, 0) is 27.7 Å². The van der Waals surface area contributed by atoms with Crippen LogP contribution in [-0.4, -0.2) is 21.9 Å². The predicted molar refractivity (Wildman–Crippen MR) is 59.4 cm³/mol. The Morgan fingerprint density at radius 3 is 2.29 bits per heavy atom. The largest absolute Gasteiger partial charge is 0.378 e. The van der Waals surface area contributed by atoms with Crippen molar-refractivity contribution in [1.82, 2.24) is 9.78 Å². The molecule has 1 aromatic heterocycles. The van der Waals surface area contributed by atoms with Crippen molar-refractivity contribution in [3.63, 3.8) is 0 Å². The van der Waals surface area contributed by atoms with Crippen LogP contribution in [0.5, 0.6) is 0 Å². The van der Waals surface area contributed by atoms with Crippen LogP contribution in [0.4, 0.5) is 5.69 Å². The third-order valence-corrected chi connectivity index (χ3v) is 2.67. The van der Waals surface area contributed by atoms with E-state index in [4.69, 9.17) is 5.73 Å². The van der Waals surface area contributed by atoms with Crippen molar-refractivity contribution in [1.29, 1.82) is 0 Å². The highest BCUT2D eigenvalue weighted by molar-refractivity contribution is 5.52. The molecule has 0 fully saturated rings. The van der Waals surface area contributed by atoms with Crippen LogP contribution in [0.3, 0.4) is 0 Å². The first-order valence-electron chi connectivity index (χ1n) is 4.95. The minimum atomic E-state index is 0.133. The molecule has 0 amide bonds. The molecular weight excluding hydrogens is 176 g/mol. The Balaban J connectivity index is 2.86. The van der Waals surface area contributed by atoms with Crippen LogP contribution in [0.25, 0.3) is 0 Å². The van der Waals surface area contributed by atoms with Crippen molar-refractivity contribution in [2.45, 2.75) is 39.8 Å². The van der Waals surface area contributed by atoms with Crippen molar-refractivity contribution in [2.24, 2.45) is 12.8 Å². The number of hydrogen-bond acceptors (Lipinski definition) is 3. The van der Waals surface area contributed by atoms with Gasteiger partial charge in [0.2, 0.25) is 0 Å². The van der Waals surface area contributed by atoms with Gasteiger partial charge in [-0.15, -0.1) is 0 Å². The van der Waals surface area contributed by atoms with E-state index in [9.17, 15) is 0 Å². The third-order valence-electron chi connectivity index (χ3n) is 2.67. The summed E-state index contributed by atoms with van der Waals surface area (Å²) in [7, 11) is 1.95. The lowest BCUT2D eigenvalue weighted by molar-refractivity contribution is 0.637. The lowest BCUT2D eigenvalue weighted by Gasteiger charge is -2.18. The highest BCUT2D eigenvalue weighted by Gasteiger charge is 2.13. The smallest absolute Gasteiger partial charge is 0.0827 e. The van der Waals surface area contributed by atoms with E-state index in [1.54, 1.807) is 0 Å². The van der Waals surface area contributed by atoms with E-state index in [1.165, 1.54) is 0 Å². The molecule has 1 aromatic rings. The fourth-order valence-corrected chi connectivity index (χ4v) is 1.34. The van der Waals surface area contributed by atoms with Crippen LogP contribution >= 0.6 is 0 Å². The summed E-state index contributed by atoms with van der Waals surface area (Å²) in [5, 5.41) is 7.73. The number of aromatic nitrogens is 2. The Kier molecular flexibility index (Phi) is 3.16. The van der Waals surface area contributed by atoms with E-state index in [2.05, 4.69) is 24.3 Å². The topological polar surface area (TPSA) is 55.9 Å². The standard InChI is InChI=1S/C10H20N4/c1-6(11)7(2)12-10-8(3)13-14(5)9(10)4/h6-7,12H,11H2,1-5H3. The van der Waals surface area contributed by atoms with Crippen LogP contribution in [0, 0.1) is 13.8 Å². The fraction of sp³-hybridized carbons (Fsp3) is 0.700. The van der Waals surface area contributed by atoms with Gasteiger partial charge in [-0.25, -0.2) is 0 Å². The summed E-state index contributed by atoms with van der Waals surface area (Å²) in [6.07, 6.45) is 0. The summed E-state index contributed by atoms with van der Waals surface area (Å²) in [5.74, 6) is 0. The zero-order chi connectivity index (χ0) is 10.9. The Morgan fingerprint density at radius 1 is 1.36 bits per heavy atom. The van der Waals surface area contributed by atoms with Crippen LogP contribution < -0.4 is 11.1 Å². The fourth-order valence-electron chi connectivity index (χ4n) is 1.34. The molecule has 0 aliphatic rings. The minimum absolute atomic E-state index is 0.133. The zero-order valence-electron chi connectivity index (χ0n) is 9.63. The number of anilines is 1. The quantitative estimate of drug-likeness (QED) is 0.763. The maximum absolute atomic E-state index is 5.80. The molecule has 0 radical (unpaired) electrons. The molecule has 3 N–H and O–H groups in total. The molecule has 0 saturated heterocycles. The van der Waals surface area contributed by atoms with Gasteiger partial charge in [-0.2, -0.15) is 5.10 Å². The van der Waals surface area contributed by atoms with Gasteiger partial charge in [0.05, 0.1) is 17.1 Å². The Hall–Kier alpha value is -1.03. The summed E-state index contributed by atoms with van der Waals surface area (Å²) in [6, 6.07) is 0.394. The molecule has 2 atom stereocenters. The van der Waals surface area contributed by atoms with Crippen molar-refractivity contribution in [2.75, 3.05) is 5.32 Å². The molecule has 80 valence electrons. The minimum Gasteiger partial charge on any atom is -0.378 e. The van der Waals surface area contributed by atoms with Gasteiger partial charge in [0.1, 0.15) is 0 Å². The monoisotopic (exact) mass is 196 g/mol. The maximum Gasteiger partial charge on any atom is 0.0827 e. The first-order chi connectivity index (χ1) is 6.43. The summed E-state index contributed by atoms with van der Waals surface area (Å²) in [4.78, 5) is 0. The highest BCUT2D eigenvalue weighted by Crippen LogP contribution is 2.19. The Labute approximate surface area is 85.5 Å². The number of hydrogen-bond donors (Lipinski definition) is 2. The van der Waals surface area contributed by atoms with Crippen LogP contribution in [0.15, 0.2) is 0 Å². The number of nitrogens with zero attached hydrogens (tertiary/aromatic N) is 2. The summed E-state index contributed by atoms with van der Waals surface area (Å²) in [5.41, 5.74) is 9.08. The van der Waals surface area contributed by atoms with Gasteiger partial charge in [0, 0.05) is 19.1 Å². The molecule has 0 aliphatic carbocycles. The average Bonchev–Trinajstić information content (AvgIpc) is 2.32. The van der Waals surface area contributed by atoms with Gasteiger partial charge in [-0.3, -0.25) is 4.68 Å². The molecule has 4 nitrogen and oxygen atoms in total. The molecule has 14 heavy (non-hydrogen) atoms. The summed E-state index contributed by atoms with van der Waals surface area (Å²) < 4.78 is 1.88. The molecule has 0 aromatic carbocycles. The number of rotatable bonds is 3. The predicted octanol–water partition coefficient (Wildman–Crippen LogP) is 1.18. The zero-order valence-corrected chi connectivity index (χ0v) is 9.63. The average molecular weight is 196 g/mol. The van der Waals surface area contributed by atoms with E-state index in [1.807, 2.05) is 25.6 Å². The molecule has 0 bridgehead atoms. The molecule has 2 unspecified atom stereocenters. The molecule has 1 rings (SSSR count). The number of aryl methyl sites for hydroxylation is 2. The lowest BCUT2D eigenvalue weighted by atomic mass is 10.1. The second-order valence-electron chi connectivity index (χ2n) is 3.96. The Bertz CT molecular complexity index is 314. The molecule has 1 heterocycles. The Morgan fingerprint density at radius 2 is 1.93 bits per heavy atom. The highest BCUT2D eigenvalue weighted by atomic mass is 15.3. The molecule has 4 heteroatoms. The summed E-state index contributed by atoms with van der Waals surface area (Å²) in [6.45, 7) is 8.13. The van der Waals surface area contributed by atoms with E-state index in [0.29, 0.717) is 0 Å². The van der Waals surface area contributed by atoms with Gasteiger partial charge < -0.3 is 11.1 Å². The number of nitrogens with two attached hydrogens (primary N) is 1. The van der Waals surface area contributed by atoms with E-state index >= 15 is 0 Å². The third kappa shape index (κ3) is 2.07. The second kappa shape index (κ2) is 4.00. The van der Waals surface area contributed by atoms with Gasteiger partial charge in [-0.1, -0.05) is 0 Å². The van der Waals surface area contributed by atoms with Crippen LogP contribution in [0.2, 0.25) is 0 Å². The molecule has 0 aliphatic heterocycles. The van der Waals surface area contributed by atoms with Gasteiger partial charge in [0.25, 0.3) is 0 Å². The molecule has 0 spiro atoms. The van der Waals surface area contributed by atoms with Crippen molar-refractivity contribution in [3.8, 4) is 0 Å². The number of nitrogens with one attached hydrogen (secondary N) is 1. The van der Waals surface area contributed by atoms with E-state index in [-0.39, 0.29) is 12.1 Å².